The molecule has 2 heterocycles. The Hall–Kier alpha value is -1.65. The highest BCUT2D eigenvalue weighted by Gasteiger charge is 2.29. The van der Waals surface area contributed by atoms with Gasteiger partial charge in [-0.2, -0.15) is 5.10 Å². The van der Waals surface area contributed by atoms with Gasteiger partial charge in [-0.1, -0.05) is 12.8 Å². The molecule has 1 aliphatic carbocycles. The highest BCUT2D eigenvalue weighted by atomic mass is 16.4. The van der Waals surface area contributed by atoms with Crippen molar-refractivity contribution in [3.63, 3.8) is 0 Å². The topological polar surface area (TPSA) is 66.3 Å². The van der Waals surface area contributed by atoms with Crippen LogP contribution in [0.3, 0.4) is 0 Å². The van der Waals surface area contributed by atoms with Gasteiger partial charge in [-0.05, 0) is 31.4 Å². The fourth-order valence-corrected chi connectivity index (χ4v) is 3.11. The zero-order chi connectivity index (χ0) is 13.2. The van der Waals surface area contributed by atoms with Gasteiger partial charge in [0.2, 0.25) is 0 Å². The number of hydrogen-bond donors (Lipinski definition) is 1. The van der Waals surface area contributed by atoms with Gasteiger partial charge >= 0.3 is 5.97 Å². The number of anilines is 1. The van der Waals surface area contributed by atoms with Crippen molar-refractivity contribution in [2.45, 2.75) is 38.0 Å². The minimum Gasteiger partial charge on any atom is -0.481 e. The van der Waals surface area contributed by atoms with E-state index in [9.17, 15) is 4.79 Å². The van der Waals surface area contributed by atoms with Crippen molar-refractivity contribution in [1.29, 1.82) is 0 Å². The molecule has 1 aliphatic heterocycles. The van der Waals surface area contributed by atoms with Crippen LogP contribution in [0, 0.1) is 5.92 Å². The molecular weight excluding hydrogens is 242 g/mol. The summed E-state index contributed by atoms with van der Waals surface area (Å²) < 4.78 is 0. The Kier molecular flexibility index (Phi) is 3.36. The molecule has 0 bridgehead atoms. The molecule has 0 spiro atoms. The minimum atomic E-state index is -0.710. The monoisotopic (exact) mass is 261 g/mol. The lowest BCUT2D eigenvalue weighted by atomic mass is 10.0. The van der Waals surface area contributed by atoms with Crippen LogP contribution >= 0.6 is 0 Å². The highest BCUT2D eigenvalue weighted by Crippen LogP contribution is 2.33. The molecule has 1 N–H and O–H groups in total. The van der Waals surface area contributed by atoms with Crippen LogP contribution in [0.25, 0.3) is 0 Å². The van der Waals surface area contributed by atoms with Gasteiger partial charge in [0.25, 0.3) is 0 Å². The Bertz CT molecular complexity index is 454. The summed E-state index contributed by atoms with van der Waals surface area (Å²) in [6, 6.07) is 4.05. The molecule has 0 radical (unpaired) electrons. The summed E-state index contributed by atoms with van der Waals surface area (Å²) in [6.45, 7) is 1.31. The molecule has 19 heavy (non-hydrogen) atoms. The van der Waals surface area contributed by atoms with E-state index >= 15 is 0 Å². The van der Waals surface area contributed by atoms with Crippen molar-refractivity contribution < 1.29 is 9.90 Å². The molecule has 1 unspecified atom stereocenters. The quantitative estimate of drug-likeness (QED) is 0.902. The number of carbonyl (C=O) groups is 1. The Morgan fingerprint density at radius 1 is 1.21 bits per heavy atom. The predicted molar refractivity (Wildman–Crippen MR) is 71.2 cm³/mol. The average molecular weight is 261 g/mol. The van der Waals surface area contributed by atoms with Crippen molar-refractivity contribution in [3.8, 4) is 0 Å². The molecule has 102 valence electrons. The molecule has 0 aromatic carbocycles. The standard InChI is InChI=1S/C14H19N3O2/c18-14(19)11-7-8-17(9-11)13-6-5-12(15-16-13)10-3-1-2-4-10/h5-6,10-11H,1-4,7-9H2,(H,18,19). The first-order valence-electron chi connectivity index (χ1n) is 7.05. The summed E-state index contributed by atoms with van der Waals surface area (Å²) in [4.78, 5) is 13.0. The van der Waals surface area contributed by atoms with Crippen LogP contribution in [-0.4, -0.2) is 34.4 Å². The summed E-state index contributed by atoms with van der Waals surface area (Å²) in [5.41, 5.74) is 1.09. The van der Waals surface area contributed by atoms with E-state index in [-0.39, 0.29) is 5.92 Å². The molecule has 5 nitrogen and oxygen atoms in total. The lowest BCUT2D eigenvalue weighted by Crippen LogP contribution is -2.23. The number of rotatable bonds is 3. The van der Waals surface area contributed by atoms with Crippen LogP contribution in [0.2, 0.25) is 0 Å². The van der Waals surface area contributed by atoms with Crippen LogP contribution in [0.5, 0.6) is 0 Å². The van der Waals surface area contributed by atoms with Crippen LogP contribution < -0.4 is 4.90 Å². The van der Waals surface area contributed by atoms with Gasteiger partial charge in [0, 0.05) is 19.0 Å². The number of hydrogen-bond acceptors (Lipinski definition) is 4. The van der Waals surface area contributed by atoms with Gasteiger partial charge < -0.3 is 10.0 Å². The van der Waals surface area contributed by atoms with E-state index in [1.807, 2.05) is 11.0 Å². The Balaban J connectivity index is 1.67. The maximum Gasteiger partial charge on any atom is 0.308 e. The summed E-state index contributed by atoms with van der Waals surface area (Å²) in [6.07, 6.45) is 5.72. The third-order valence-electron chi connectivity index (χ3n) is 4.31. The second-order valence-corrected chi connectivity index (χ2v) is 5.57. The number of carboxylic acids is 1. The van der Waals surface area contributed by atoms with Gasteiger partial charge in [-0.3, -0.25) is 4.79 Å². The maximum atomic E-state index is 10.9. The van der Waals surface area contributed by atoms with E-state index in [0.29, 0.717) is 18.9 Å². The summed E-state index contributed by atoms with van der Waals surface area (Å²) in [5, 5.41) is 17.6. The zero-order valence-corrected chi connectivity index (χ0v) is 11.0. The van der Waals surface area contributed by atoms with E-state index in [2.05, 4.69) is 16.3 Å². The second-order valence-electron chi connectivity index (χ2n) is 5.57. The lowest BCUT2D eigenvalue weighted by molar-refractivity contribution is -0.140. The molecule has 1 atom stereocenters. The van der Waals surface area contributed by atoms with Crippen molar-refractivity contribution in [3.05, 3.63) is 17.8 Å². The van der Waals surface area contributed by atoms with Crippen molar-refractivity contribution in [2.24, 2.45) is 5.92 Å². The van der Waals surface area contributed by atoms with E-state index in [0.717, 1.165) is 18.1 Å². The molecule has 2 fully saturated rings. The number of aliphatic carboxylic acids is 1. The zero-order valence-electron chi connectivity index (χ0n) is 11.0. The maximum absolute atomic E-state index is 10.9. The van der Waals surface area contributed by atoms with Gasteiger partial charge in [-0.15, -0.1) is 5.10 Å². The van der Waals surface area contributed by atoms with Crippen molar-refractivity contribution >= 4 is 11.8 Å². The van der Waals surface area contributed by atoms with Gasteiger partial charge in [0.05, 0.1) is 11.6 Å². The van der Waals surface area contributed by atoms with E-state index < -0.39 is 5.97 Å². The van der Waals surface area contributed by atoms with E-state index in [1.54, 1.807) is 0 Å². The summed E-state index contributed by atoms with van der Waals surface area (Å²) in [7, 11) is 0. The van der Waals surface area contributed by atoms with Crippen molar-refractivity contribution in [2.75, 3.05) is 18.0 Å². The van der Waals surface area contributed by atoms with Gasteiger partial charge in [-0.25, -0.2) is 0 Å². The minimum absolute atomic E-state index is 0.267. The number of nitrogens with zero attached hydrogens (tertiary/aromatic N) is 3. The molecule has 1 saturated heterocycles. The largest absolute Gasteiger partial charge is 0.481 e. The molecule has 1 aromatic rings. The Morgan fingerprint density at radius 3 is 2.58 bits per heavy atom. The van der Waals surface area contributed by atoms with E-state index in [1.165, 1.54) is 25.7 Å². The predicted octanol–water partition coefficient (Wildman–Crippen LogP) is 2.05. The third kappa shape index (κ3) is 2.55. The van der Waals surface area contributed by atoms with Crippen LogP contribution in [0.1, 0.15) is 43.7 Å². The van der Waals surface area contributed by atoms with Crippen LogP contribution in [0.15, 0.2) is 12.1 Å². The summed E-state index contributed by atoms with van der Waals surface area (Å²) >= 11 is 0. The van der Waals surface area contributed by atoms with Gasteiger partial charge in [0.1, 0.15) is 0 Å². The summed E-state index contributed by atoms with van der Waals surface area (Å²) in [5.74, 6) is 0.409. The third-order valence-corrected chi connectivity index (χ3v) is 4.31. The van der Waals surface area contributed by atoms with E-state index in [4.69, 9.17) is 5.11 Å². The van der Waals surface area contributed by atoms with Crippen molar-refractivity contribution in [1.82, 2.24) is 10.2 Å². The number of aromatic nitrogens is 2. The first kappa shape index (κ1) is 12.4. The first-order valence-corrected chi connectivity index (χ1v) is 7.05. The molecule has 1 aromatic heterocycles. The van der Waals surface area contributed by atoms with Gasteiger partial charge in [0.15, 0.2) is 5.82 Å². The lowest BCUT2D eigenvalue weighted by Gasteiger charge is -2.16. The highest BCUT2D eigenvalue weighted by molar-refractivity contribution is 5.71. The smallest absolute Gasteiger partial charge is 0.308 e. The fraction of sp³-hybridized carbons (Fsp3) is 0.643. The Labute approximate surface area is 112 Å². The molecular formula is C14H19N3O2. The molecule has 5 heteroatoms. The molecule has 3 rings (SSSR count). The Morgan fingerprint density at radius 2 is 2.00 bits per heavy atom. The molecule has 0 amide bonds. The second kappa shape index (κ2) is 5.15. The fourth-order valence-electron chi connectivity index (χ4n) is 3.11. The normalized spacial score (nSPS) is 24.0. The van der Waals surface area contributed by atoms with Crippen LogP contribution in [-0.2, 0) is 4.79 Å². The SMILES string of the molecule is O=C(O)C1CCN(c2ccc(C3CCCC3)nn2)C1. The average Bonchev–Trinajstić information content (AvgIpc) is 3.11. The first-order chi connectivity index (χ1) is 9.24. The van der Waals surface area contributed by atoms with Crippen LogP contribution in [0.4, 0.5) is 5.82 Å². The molecule has 2 aliphatic rings. The molecule has 1 saturated carbocycles. The number of carboxylic acid groups (broad SMARTS) is 1.